The van der Waals surface area contributed by atoms with E-state index in [1.54, 1.807) is 0 Å². The fourth-order valence-corrected chi connectivity index (χ4v) is 6.05. The third kappa shape index (κ3) is 3.51. The van der Waals surface area contributed by atoms with Crippen molar-refractivity contribution < 1.29 is 13.7 Å². The lowest BCUT2D eigenvalue weighted by atomic mass is 9.82. The molecule has 1 aliphatic rings. The molecule has 3 nitrogen and oxygen atoms in total. The van der Waals surface area contributed by atoms with Gasteiger partial charge in [0.25, 0.3) is 0 Å². The van der Waals surface area contributed by atoms with Crippen LogP contribution in [0, 0.1) is 17.8 Å². The highest BCUT2D eigenvalue weighted by atomic mass is 16.5. The Kier molecular flexibility index (Phi) is 4.87. The summed E-state index contributed by atoms with van der Waals surface area (Å²) in [6, 6.07) is 13.4. The molecule has 1 aliphatic heterocycles. The molecule has 36 heavy (non-hydrogen) atoms. The SMILES string of the molecule is Cc1c2c(c(CC(C)(C)C)c3occc13)Oc1cc3c(CC(C)(C)C)cccc3c3cc[n+](C)c-2c13. The normalized spacial score (nSPS) is 13.4. The van der Waals surface area contributed by atoms with Crippen molar-refractivity contribution in [3.63, 3.8) is 0 Å². The lowest BCUT2D eigenvalue weighted by Gasteiger charge is -2.27. The highest BCUT2D eigenvalue weighted by molar-refractivity contribution is 6.16. The van der Waals surface area contributed by atoms with Crippen molar-refractivity contribution in [1.29, 1.82) is 0 Å². The molecular formula is C33H36NO2+. The van der Waals surface area contributed by atoms with Crippen molar-refractivity contribution in [2.24, 2.45) is 17.9 Å². The maximum absolute atomic E-state index is 6.96. The van der Waals surface area contributed by atoms with Gasteiger partial charge in [-0.05, 0) is 64.6 Å². The van der Waals surface area contributed by atoms with Crippen molar-refractivity contribution in [3.05, 3.63) is 65.5 Å². The maximum Gasteiger partial charge on any atom is 0.228 e. The van der Waals surface area contributed by atoms with Crippen molar-refractivity contribution in [3.8, 4) is 22.8 Å². The maximum atomic E-state index is 6.96. The van der Waals surface area contributed by atoms with Gasteiger partial charge in [0, 0.05) is 22.4 Å². The van der Waals surface area contributed by atoms with Crippen LogP contribution in [0.1, 0.15) is 58.2 Å². The summed E-state index contributed by atoms with van der Waals surface area (Å²) in [5, 5.41) is 6.19. The second kappa shape index (κ2) is 7.59. The van der Waals surface area contributed by atoms with E-state index in [-0.39, 0.29) is 10.8 Å². The fraction of sp³-hybridized carbons (Fsp3) is 0.364. The number of hydrogen-bond acceptors (Lipinski definition) is 2. The molecule has 0 N–H and O–H groups in total. The van der Waals surface area contributed by atoms with E-state index in [9.17, 15) is 0 Å². The second-order valence-corrected chi connectivity index (χ2v) is 13.0. The molecule has 0 atom stereocenters. The van der Waals surface area contributed by atoms with Gasteiger partial charge in [-0.25, -0.2) is 4.57 Å². The van der Waals surface area contributed by atoms with Crippen LogP contribution in [0.25, 0.3) is 43.8 Å². The summed E-state index contributed by atoms with van der Waals surface area (Å²) in [5.41, 5.74) is 7.39. The van der Waals surface area contributed by atoms with Gasteiger partial charge in [0.15, 0.2) is 6.20 Å². The van der Waals surface area contributed by atoms with E-state index in [0.717, 1.165) is 35.5 Å². The Labute approximate surface area is 213 Å². The number of furan rings is 1. The van der Waals surface area contributed by atoms with Crippen LogP contribution in [-0.4, -0.2) is 0 Å². The molecule has 0 unspecified atom stereocenters. The monoisotopic (exact) mass is 478 g/mol. The number of hydrogen-bond donors (Lipinski definition) is 0. The van der Waals surface area contributed by atoms with Crippen LogP contribution >= 0.6 is 0 Å². The number of aryl methyl sites for hydroxylation is 2. The van der Waals surface area contributed by atoms with E-state index in [1.165, 1.54) is 49.3 Å². The van der Waals surface area contributed by atoms with E-state index < -0.39 is 0 Å². The lowest BCUT2D eigenvalue weighted by molar-refractivity contribution is -0.659. The molecule has 2 aromatic heterocycles. The van der Waals surface area contributed by atoms with E-state index >= 15 is 0 Å². The molecule has 184 valence electrons. The number of benzene rings is 3. The predicted molar refractivity (Wildman–Crippen MR) is 149 cm³/mol. The molecule has 0 saturated carbocycles. The molecule has 0 fully saturated rings. The number of rotatable bonds is 2. The highest BCUT2D eigenvalue weighted by Gasteiger charge is 2.35. The molecule has 3 heterocycles. The Morgan fingerprint density at radius 3 is 2.31 bits per heavy atom. The minimum atomic E-state index is 0.0871. The smallest absolute Gasteiger partial charge is 0.228 e. The third-order valence-electron chi connectivity index (χ3n) is 7.43. The Morgan fingerprint density at radius 2 is 1.58 bits per heavy atom. The summed E-state index contributed by atoms with van der Waals surface area (Å²) in [7, 11) is 2.15. The van der Waals surface area contributed by atoms with Crippen LogP contribution in [-0.2, 0) is 19.9 Å². The topological polar surface area (TPSA) is 26.2 Å². The summed E-state index contributed by atoms with van der Waals surface area (Å²) in [5.74, 6) is 1.89. The lowest BCUT2D eigenvalue weighted by Crippen LogP contribution is -2.32. The first-order valence-corrected chi connectivity index (χ1v) is 13.0. The number of nitrogens with zero attached hydrogens (tertiary/aromatic N) is 1. The molecule has 5 aromatic rings. The van der Waals surface area contributed by atoms with Crippen molar-refractivity contribution in [2.75, 3.05) is 0 Å². The van der Waals surface area contributed by atoms with Gasteiger partial charge in [-0.15, -0.1) is 0 Å². The zero-order valence-corrected chi connectivity index (χ0v) is 22.8. The van der Waals surface area contributed by atoms with Crippen LogP contribution in [0.3, 0.4) is 0 Å². The van der Waals surface area contributed by atoms with E-state index in [0.29, 0.717) is 0 Å². The number of pyridine rings is 1. The number of fused-ring (bicyclic) bond motifs is 5. The van der Waals surface area contributed by atoms with E-state index in [1.807, 2.05) is 6.26 Å². The molecule has 3 aromatic carbocycles. The molecular weight excluding hydrogens is 442 g/mol. The third-order valence-corrected chi connectivity index (χ3v) is 7.43. The Balaban J connectivity index is 1.75. The van der Waals surface area contributed by atoms with Crippen LogP contribution in [0.4, 0.5) is 0 Å². The molecule has 0 spiro atoms. The molecule has 0 aliphatic carbocycles. The number of ether oxygens (including phenoxy) is 1. The molecule has 0 saturated heterocycles. The first-order chi connectivity index (χ1) is 16.9. The summed E-state index contributed by atoms with van der Waals surface area (Å²) >= 11 is 0. The van der Waals surface area contributed by atoms with Crippen molar-refractivity contribution in [1.82, 2.24) is 0 Å². The average molecular weight is 479 g/mol. The van der Waals surface area contributed by atoms with Gasteiger partial charge in [0.2, 0.25) is 5.69 Å². The van der Waals surface area contributed by atoms with Crippen molar-refractivity contribution in [2.45, 2.75) is 61.3 Å². The van der Waals surface area contributed by atoms with Crippen molar-refractivity contribution >= 4 is 32.5 Å². The first kappa shape index (κ1) is 23.1. The standard InChI is InChI=1S/C33H36NO2/c1-19-21-13-15-35-30(21)25(18-33(5,6)7)31-27(19)29-28-23(12-14-34(29)8)22-11-9-10-20(17-32(2,3)4)24(22)16-26(28)36-31/h9-16H,17-18H2,1-8H3/q+1. The van der Waals surface area contributed by atoms with Crippen LogP contribution in [0.15, 0.2) is 53.3 Å². The van der Waals surface area contributed by atoms with Crippen LogP contribution < -0.4 is 9.30 Å². The van der Waals surface area contributed by atoms with Gasteiger partial charge < -0.3 is 9.15 Å². The fourth-order valence-electron chi connectivity index (χ4n) is 6.05. The van der Waals surface area contributed by atoms with Gasteiger partial charge in [-0.2, -0.15) is 0 Å². The van der Waals surface area contributed by atoms with Gasteiger partial charge >= 0.3 is 0 Å². The molecule has 3 heteroatoms. The Bertz CT molecular complexity index is 1690. The molecule has 0 radical (unpaired) electrons. The predicted octanol–water partition coefficient (Wildman–Crippen LogP) is 8.82. The summed E-state index contributed by atoms with van der Waals surface area (Å²) in [4.78, 5) is 0. The number of aromatic nitrogens is 1. The van der Waals surface area contributed by atoms with Crippen LogP contribution in [0.5, 0.6) is 11.5 Å². The largest absolute Gasteiger partial charge is 0.464 e. The zero-order valence-electron chi connectivity index (χ0n) is 22.8. The Morgan fingerprint density at radius 1 is 0.833 bits per heavy atom. The molecule has 6 rings (SSSR count). The first-order valence-electron chi connectivity index (χ1n) is 13.0. The Hall–Kier alpha value is -3.33. The summed E-state index contributed by atoms with van der Waals surface area (Å²) in [6.45, 7) is 15.9. The average Bonchev–Trinajstić information content (AvgIpc) is 3.27. The molecule has 0 bridgehead atoms. The highest BCUT2D eigenvalue weighted by Crippen LogP contribution is 2.53. The van der Waals surface area contributed by atoms with Gasteiger partial charge in [-0.1, -0.05) is 59.7 Å². The second-order valence-electron chi connectivity index (χ2n) is 13.0. The summed E-state index contributed by atoms with van der Waals surface area (Å²) < 4.78 is 15.3. The molecule has 0 amide bonds. The van der Waals surface area contributed by atoms with Gasteiger partial charge in [0.1, 0.15) is 24.1 Å². The van der Waals surface area contributed by atoms with Gasteiger partial charge in [0.05, 0.1) is 17.2 Å². The minimum absolute atomic E-state index is 0.0871. The van der Waals surface area contributed by atoms with Crippen LogP contribution in [0.2, 0.25) is 0 Å². The van der Waals surface area contributed by atoms with E-state index in [2.05, 4.69) is 103 Å². The minimum Gasteiger partial charge on any atom is -0.464 e. The van der Waals surface area contributed by atoms with Gasteiger partial charge in [-0.3, -0.25) is 0 Å². The zero-order chi connectivity index (χ0) is 25.6. The van der Waals surface area contributed by atoms with E-state index in [4.69, 9.17) is 9.15 Å². The summed E-state index contributed by atoms with van der Waals surface area (Å²) in [6.07, 6.45) is 5.91. The quantitative estimate of drug-likeness (QED) is 0.184.